The summed E-state index contributed by atoms with van der Waals surface area (Å²) in [5, 5.41) is 3.00. The first-order valence-corrected chi connectivity index (χ1v) is 7.88. The quantitative estimate of drug-likeness (QED) is 0.751. The van der Waals surface area contributed by atoms with E-state index < -0.39 is 9.84 Å². The third-order valence-electron chi connectivity index (χ3n) is 3.19. The summed E-state index contributed by atoms with van der Waals surface area (Å²) < 4.78 is 24.2. The van der Waals surface area contributed by atoms with Gasteiger partial charge in [-0.15, -0.1) is 0 Å². The fourth-order valence-corrected chi connectivity index (χ4v) is 3.70. The van der Waals surface area contributed by atoms with Gasteiger partial charge in [0, 0.05) is 6.04 Å². The van der Waals surface area contributed by atoms with Crippen molar-refractivity contribution in [2.45, 2.75) is 52.8 Å². The van der Waals surface area contributed by atoms with Crippen molar-refractivity contribution in [2.75, 3.05) is 12.3 Å². The maximum Gasteiger partial charge on any atom is 0.154 e. The summed E-state index contributed by atoms with van der Waals surface area (Å²) in [5.74, 6) is 0.770. The number of hydrogen-bond acceptors (Lipinski definition) is 3. The van der Waals surface area contributed by atoms with E-state index in [9.17, 15) is 8.42 Å². The molecule has 2 unspecified atom stereocenters. The van der Waals surface area contributed by atoms with E-state index in [1.807, 2.05) is 27.7 Å². The van der Waals surface area contributed by atoms with Crippen LogP contribution in [0.15, 0.2) is 0 Å². The van der Waals surface area contributed by atoms with E-state index in [2.05, 4.69) is 19.2 Å². The average molecular weight is 249 g/mol. The lowest BCUT2D eigenvalue weighted by atomic mass is 10.1. The summed E-state index contributed by atoms with van der Waals surface area (Å²) >= 11 is 0. The first kappa shape index (κ1) is 15.9. The van der Waals surface area contributed by atoms with E-state index in [0.717, 1.165) is 6.54 Å². The van der Waals surface area contributed by atoms with Crippen molar-refractivity contribution in [3.05, 3.63) is 0 Å². The summed E-state index contributed by atoms with van der Waals surface area (Å²) in [4.78, 5) is 0. The molecular formula is C12H27NO2S. The lowest BCUT2D eigenvalue weighted by Gasteiger charge is -2.25. The standard InChI is InChI=1S/C12H27NO2S/c1-7-13-12(10(4)5)8-16(14,15)11(6)9(2)3/h9-13H,7-8H2,1-6H3. The van der Waals surface area contributed by atoms with Crippen molar-refractivity contribution >= 4 is 9.84 Å². The lowest BCUT2D eigenvalue weighted by Crippen LogP contribution is -2.42. The zero-order valence-corrected chi connectivity index (χ0v) is 12.3. The van der Waals surface area contributed by atoms with Crippen LogP contribution < -0.4 is 5.32 Å². The minimum atomic E-state index is -2.99. The summed E-state index contributed by atoms with van der Waals surface area (Å²) in [6.07, 6.45) is 0. The molecule has 0 saturated heterocycles. The summed E-state index contributed by atoms with van der Waals surface area (Å²) in [6, 6.07) is 0.0659. The second-order valence-corrected chi connectivity index (χ2v) is 7.59. The molecule has 0 heterocycles. The van der Waals surface area contributed by atoms with Gasteiger partial charge in [0.2, 0.25) is 0 Å². The molecule has 98 valence electrons. The van der Waals surface area contributed by atoms with E-state index in [1.165, 1.54) is 0 Å². The summed E-state index contributed by atoms with van der Waals surface area (Å²) in [6.45, 7) is 12.7. The molecule has 0 rings (SSSR count). The average Bonchev–Trinajstić information content (AvgIpc) is 2.15. The first-order chi connectivity index (χ1) is 7.22. The third kappa shape index (κ3) is 4.83. The molecule has 0 saturated carbocycles. The molecule has 0 aromatic heterocycles. The Labute approximate surface area is 101 Å². The molecule has 1 N–H and O–H groups in total. The van der Waals surface area contributed by atoms with Crippen molar-refractivity contribution < 1.29 is 8.42 Å². The molecule has 4 heteroatoms. The summed E-state index contributed by atoms with van der Waals surface area (Å²) in [7, 11) is -2.99. The molecule has 0 spiro atoms. The topological polar surface area (TPSA) is 46.2 Å². The maximum absolute atomic E-state index is 12.1. The van der Waals surface area contributed by atoms with E-state index in [1.54, 1.807) is 0 Å². The van der Waals surface area contributed by atoms with Crippen LogP contribution in [-0.4, -0.2) is 32.0 Å². The van der Waals surface area contributed by atoms with Gasteiger partial charge >= 0.3 is 0 Å². The number of sulfone groups is 1. The van der Waals surface area contributed by atoms with Crippen LogP contribution in [0.3, 0.4) is 0 Å². The van der Waals surface area contributed by atoms with Crippen molar-refractivity contribution in [3.63, 3.8) is 0 Å². The molecule has 0 radical (unpaired) electrons. The fourth-order valence-electron chi connectivity index (χ4n) is 1.57. The summed E-state index contributed by atoms with van der Waals surface area (Å²) in [5.41, 5.74) is 0. The second kappa shape index (κ2) is 6.60. The SMILES string of the molecule is CCNC(CS(=O)(=O)C(C)C(C)C)C(C)C. The van der Waals surface area contributed by atoms with Gasteiger partial charge < -0.3 is 5.32 Å². The molecule has 0 aromatic rings. The zero-order chi connectivity index (χ0) is 12.9. The molecule has 0 aliphatic heterocycles. The van der Waals surface area contributed by atoms with E-state index in [0.29, 0.717) is 5.92 Å². The highest BCUT2D eigenvalue weighted by molar-refractivity contribution is 7.92. The van der Waals surface area contributed by atoms with Gasteiger partial charge in [-0.25, -0.2) is 8.42 Å². The Balaban J connectivity index is 4.66. The Hall–Kier alpha value is -0.0900. The normalized spacial score (nSPS) is 16.8. The van der Waals surface area contributed by atoms with E-state index >= 15 is 0 Å². The Bertz CT molecular complexity index is 283. The van der Waals surface area contributed by atoms with Gasteiger partial charge in [-0.1, -0.05) is 34.6 Å². The molecule has 2 atom stereocenters. The van der Waals surface area contributed by atoms with Crippen LogP contribution in [0, 0.1) is 11.8 Å². The zero-order valence-electron chi connectivity index (χ0n) is 11.4. The van der Waals surface area contributed by atoms with Gasteiger partial charge in [0.25, 0.3) is 0 Å². The Morgan fingerprint density at radius 1 is 1.00 bits per heavy atom. The molecule has 16 heavy (non-hydrogen) atoms. The molecular weight excluding hydrogens is 222 g/mol. The monoisotopic (exact) mass is 249 g/mol. The number of hydrogen-bond donors (Lipinski definition) is 1. The lowest BCUT2D eigenvalue weighted by molar-refractivity contribution is 0.431. The predicted molar refractivity (Wildman–Crippen MR) is 70.4 cm³/mol. The smallest absolute Gasteiger partial charge is 0.154 e. The molecule has 0 amide bonds. The van der Waals surface area contributed by atoms with E-state index in [-0.39, 0.29) is 23.0 Å². The molecule has 0 aromatic carbocycles. The minimum Gasteiger partial charge on any atom is -0.313 e. The van der Waals surface area contributed by atoms with E-state index in [4.69, 9.17) is 0 Å². The largest absolute Gasteiger partial charge is 0.313 e. The van der Waals surface area contributed by atoms with Gasteiger partial charge in [-0.05, 0) is 25.3 Å². The Morgan fingerprint density at radius 2 is 1.50 bits per heavy atom. The van der Waals surface area contributed by atoms with Crippen LogP contribution in [-0.2, 0) is 9.84 Å². The molecule has 3 nitrogen and oxygen atoms in total. The van der Waals surface area contributed by atoms with Crippen molar-refractivity contribution in [1.29, 1.82) is 0 Å². The fraction of sp³-hybridized carbons (Fsp3) is 1.00. The molecule has 0 fully saturated rings. The highest BCUT2D eigenvalue weighted by atomic mass is 32.2. The highest BCUT2D eigenvalue weighted by Crippen LogP contribution is 2.15. The predicted octanol–water partition coefficient (Wildman–Crippen LogP) is 2.08. The number of nitrogens with one attached hydrogen (secondary N) is 1. The van der Waals surface area contributed by atoms with Gasteiger partial charge in [0.15, 0.2) is 9.84 Å². The molecule has 0 aliphatic carbocycles. The van der Waals surface area contributed by atoms with Gasteiger partial charge in [-0.2, -0.15) is 0 Å². The van der Waals surface area contributed by atoms with Crippen LogP contribution in [0.1, 0.15) is 41.5 Å². The Kier molecular flexibility index (Phi) is 6.56. The molecule has 0 aliphatic rings. The highest BCUT2D eigenvalue weighted by Gasteiger charge is 2.28. The van der Waals surface area contributed by atoms with Crippen LogP contribution in [0.25, 0.3) is 0 Å². The van der Waals surface area contributed by atoms with Crippen molar-refractivity contribution in [3.8, 4) is 0 Å². The van der Waals surface area contributed by atoms with Crippen LogP contribution in [0.2, 0.25) is 0 Å². The minimum absolute atomic E-state index is 0.0659. The third-order valence-corrected chi connectivity index (χ3v) is 5.69. The van der Waals surface area contributed by atoms with Crippen LogP contribution in [0.4, 0.5) is 0 Å². The van der Waals surface area contributed by atoms with Crippen molar-refractivity contribution in [1.82, 2.24) is 5.32 Å². The van der Waals surface area contributed by atoms with Crippen molar-refractivity contribution in [2.24, 2.45) is 11.8 Å². The first-order valence-electron chi connectivity index (χ1n) is 6.17. The van der Waals surface area contributed by atoms with Gasteiger partial charge in [0.1, 0.15) is 0 Å². The van der Waals surface area contributed by atoms with Crippen LogP contribution >= 0.6 is 0 Å². The van der Waals surface area contributed by atoms with Gasteiger partial charge in [-0.3, -0.25) is 0 Å². The number of rotatable bonds is 7. The molecule has 0 bridgehead atoms. The van der Waals surface area contributed by atoms with Gasteiger partial charge in [0.05, 0.1) is 11.0 Å². The Morgan fingerprint density at radius 3 is 1.81 bits per heavy atom. The maximum atomic E-state index is 12.1. The second-order valence-electron chi connectivity index (χ2n) is 5.19. The van der Waals surface area contributed by atoms with Crippen LogP contribution in [0.5, 0.6) is 0 Å².